The summed E-state index contributed by atoms with van der Waals surface area (Å²) < 4.78 is 46.7. The zero-order chi connectivity index (χ0) is 22.2. The second kappa shape index (κ2) is 8.31. The first-order valence-electron chi connectivity index (χ1n) is 9.54. The molecule has 1 atom stereocenters. The van der Waals surface area contributed by atoms with Gasteiger partial charge in [-0.05, 0) is 42.5 Å². The first-order chi connectivity index (χ1) is 14.8. The molecule has 0 spiro atoms. The molecule has 1 aromatic carbocycles. The fourth-order valence-corrected chi connectivity index (χ4v) is 4.35. The van der Waals surface area contributed by atoms with E-state index in [0.29, 0.717) is 17.7 Å². The minimum atomic E-state index is -4.63. The summed E-state index contributed by atoms with van der Waals surface area (Å²) >= 11 is 1.05. The van der Waals surface area contributed by atoms with Crippen LogP contribution in [0, 0.1) is 0 Å². The van der Waals surface area contributed by atoms with Gasteiger partial charge in [0.15, 0.2) is 0 Å². The number of nitrogens with one attached hydrogen (secondary N) is 1. The Labute approximate surface area is 177 Å². The van der Waals surface area contributed by atoms with Crippen molar-refractivity contribution in [3.05, 3.63) is 62.1 Å². The summed E-state index contributed by atoms with van der Waals surface area (Å²) in [6, 6.07) is 5.51. The molecule has 3 aromatic rings. The maximum absolute atomic E-state index is 13.1. The van der Waals surface area contributed by atoms with Gasteiger partial charge in [0.1, 0.15) is 11.2 Å². The summed E-state index contributed by atoms with van der Waals surface area (Å²) in [5.41, 5.74) is -2.56. The van der Waals surface area contributed by atoms with Crippen LogP contribution in [-0.4, -0.2) is 34.3 Å². The molecule has 31 heavy (non-hydrogen) atoms. The quantitative estimate of drug-likeness (QED) is 0.644. The van der Waals surface area contributed by atoms with Crippen LogP contribution in [0.25, 0.3) is 15.9 Å². The predicted octanol–water partition coefficient (Wildman–Crippen LogP) is 2.53. The summed E-state index contributed by atoms with van der Waals surface area (Å²) in [5.74, 6) is -0.459. The standard InChI is InChI=1S/C20H18F3N3O4S/c21-20(22,23)12-3-1-4-13(9-12)26-18(28)17-15(6-8-31-17)25(19(26)29)11-16(27)24-10-14-5-2-7-30-14/h1,3-4,6,8-9,14H,2,5,7,10-11H2,(H,24,27)/t14-/m1/s1. The normalized spacial score (nSPS) is 16.7. The van der Waals surface area contributed by atoms with Crippen LogP contribution in [0.1, 0.15) is 18.4 Å². The Kier molecular flexibility index (Phi) is 5.71. The largest absolute Gasteiger partial charge is 0.416 e. The summed E-state index contributed by atoms with van der Waals surface area (Å²) in [5, 5.41) is 4.29. The zero-order valence-electron chi connectivity index (χ0n) is 16.1. The van der Waals surface area contributed by atoms with E-state index in [9.17, 15) is 27.6 Å². The van der Waals surface area contributed by atoms with Gasteiger partial charge >= 0.3 is 11.9 Å². The number of halogens is 3. The van der Waals surface area contributed by atoms with Gasteiger partial charge in [-0.1, -0.05) is 6.07 Å². The van der Waals surface area contributed by atoms with Gasteiger partial charge in [-0.3, -0.25) is 14.2 Å². The van der Waals surface area contributed by atoms with Crippen molar-refractivity contribution in [2.24, 2.45) is 0 Å². The Bertz CT molecular complexity index is 1240. The van der Waals surface area contributed by atoms with Crippen LogP contribution in [0.3, 0.4) is 0 Å². The fraction of sp³-hybridized carbons (Fsp3) is 0.350. The molecule has 0 radical (unpaired) electrons. The van der Waals surface area contributed by atoms with Crippen molar-refractivity contribution < 1.29 is 22.7 Å². The number of fused-ring (bicyclic) bond motifs is 1. The Morgan fingerprint density at radius 1 is 1.26 bits per heavy atom. The number of hydrogen-bond donors (Lipinski definition) is 1. The van der Waals surface area contributed by atoms with E-state index in [1.807, 2.05) is 0 Å². The molecule has 11 heteroatoms. The van der Waals surface area contributed by atoms with Crippen LogP contribution in [0.5, 0.6) is 0 Å². The number of thiophene rings is 1. The molecule has 1 N–H and O–H groups in total. The zero-order valence-corrected chi connectivity index (χ0v) is 17.0. The highest BCUT2D eigenvalue weighted by atomic mass is 32.1. The van der Waals surface area contributed by atoms with E-state index in [2.05, 4.69) is 5.32 Å². The van der Waals surface area contributed by atoms with Crippen LogP contribution >= 0.6 is 11.3 Å². The first-order valence-corrected chi connectivity index (χ1v) is 10.4. The van der Waals surface area contributed by atoms with Crippen molar-refractivity contribution in [2.75, 3.05) is 13.2 Å². The SMILES string of the molecule is O=C(Cn1c(=O)n(-c2cccc(C(F)(F)F)c2)c(=O)c2sccc21)NC[C@H]1CCCO1. The molecule has 3 heterocycles. The van der Waals surface area contributed by atoms with Gasteiger partial charge in [0.25, 0.3) is 5.56 Å². The van der Waals surface area contributed by atoms with E-state index in [0.717, 1.165) is 46.9 Å². The highest BCUT2D eigenvalue weighted by molar-refractivity contribution is 7.17. The van der Waals surface area contributed by atoms with Gasteiger partial charge in [0.05, 0.1) is 22.9 Å². The van der Waals surface area contributed by atoms with Crippen molar-refractivity contribution in [2.45, 2.75) is 31.7 Å². The van der Waals surface area contributed by atoms with Crippen LogP contribution in [0.15, 0.2) is 45.3 Å². The number of carbonyl (C=O) groups excluding carboxylic acids is 1. The van der Waals surface area contributed by atoms with Crippen LogP contribution in [0.4, 0.5) is 13.2 Å². The molecule has 7 nitrogen and oxygen atoms in total. The van der Waals surface area contributed by atoms with Crippen molar-refractivity contribution >= 4 is 27.5 Å². The number of carbonyl (C=O) groups is 1. The Hall–Kier alpha value is -2.92. The number of alkyl halides is 3. The van der Waals surface area contributed by atoms with Gasteiger partial charge in [-0.25, -0.2) is 9.36 Å². The third-order valence-corrected chi connectivity index (χ3v) is 5.93. The summed E-state index contributed by atoms with van der Waals surface area (Å²) in [7, 11) is 0. The molecule has 4 rings (SSSR count). The predicted molar refractivity (Wildman–Crippen MR) is 109 cm³/mol. The molecule has 0 unspecified atom stereocenters. The number of hydrogen-bond acceptors (Lipinski definition) is 5. The van der Waals surface area contributed by atoms with E-state index >= 15 is 0 Å². The number of rotatable bonds is 5. The summed E-state index contributed by atoms with van der Waals surface area (Å²) in [6.45, 7) is 0.559. The minimum absolute atomic E-state index is 0.0825. The lowest BCUT2D eigenvalue weighted by Gasteiger charge is -2.15. The van der Waals surface area contributed by atoms with E-state index in [1.165, 1.54) is 12.1 Å². The fourth-order valence-electron chi connectivity index (χ4n) is 3.52. The van der Waals surface area contributed by atoms with Gasteiger partial charge in [-0.15, -0.1) is 11.3 Å². The average molecular weight is 453 g/mol. The third-order valence-electron chi connectivity index (χ3n) is 5.04. The van der Waals surface area contributed by atoms with Crippen LogP contribution < -0.4 is 16.6 Å². The number of amides is 1. The molecule has 1 amide bonds. The van der Waals surface area contributed by atoms with Crippen molar-refractivity contribution in [3.8, 4) is 5.69 Å². The van der Waals surface area contributed by atoms with E-state index < -0.39 is 28.9 Å². The molecule has 164 valence electrons. The van der Waals surface area contributed by atoms with E-state index in [1.54, 1.807) is 5.38 Å². The van der Waals surface area contributed by atoms with Crippen LogP contribution in [0.2, 0.25) is 0 Å². The molecule has 0 aliphatic carbocycles. The second-order valence-electron chi connectivity index (χ2n) is 7.13. The van der Waals surface area contributed by atoms with E-state index in [4.69, 9.17) is 4.74 Å². The number of aromatic nitrogens is 2. The maximum atomic E-state index is 13.1. The van der Waals surface area contributed by atoms with Gasteiger partial charge in [0.2, 0.25) is 5.91 Å². The summed E-state index contributed by atoms with van der Waals surface area (Å²) in [6.07, 6.45) is -2.97. The molecule has 1 aliphatic heterocycles. The van der Waals surface area contributed by atoms with Crippen molar-refractivity contribution in [3.63, 3.8) is 0 Å². The Balaban J connectivity index is 1.74. The smallest absolute Gasteiger partial charge is 0.376 e. The van der Waals surface area contributed by atoms with Gasteiger partial charge < -0.3 is 10.1 Å². The molecule has 0 bridgehead atoms. The lowest BCUT2D eigenvalue weighted by atomic mass is 10.2. The monoisotopic (exact) mass is 453 g/mol. The Morgan fingerprint density at radius 2 is 2.06 bits per heavy atom. The molecule has 1 saturated heterocycles. The number of ether oxygens (including phenoxy) is 1. The second-order valence-corrected chi connectivity index (χ2v) is 8.05. The topological polar surface area (TPSA) is 82.3 Å². The highest BCUT2D eigenvalue weighted by Crippen LogP contribution is 2.30. The Morgan fingerprint density at radius 3 is 2.77 bits per heavy atom. The third kappa shape index (κ3) is 4.28. The van der Waals surface area contributed by atoms with E-state index in [-0.39, 0.29) is 28.6 Å². The molecule has 1 aliphatic rings. The molecule has 1 fully saturated rings. The molecular weight excluding hydrogens is 435 g/mol. The van der Waals surface area contributed by atoms with Crippen molar-refractivity contribution in [1.82, 2.24) is 14.5 Å². The lowest BCUT2D eigenvalue weighted by Crippen LogP contribution is -2.42. The molecule has 0 saturated carbocycles. The van der Waals surface area contributed by atoms with Crippen molar-refractivity contribution in [1.29, 1.82) is 0 Å². The number of nitrogens with zero attached hydrogens (tertiary/aromatic N) is 2. The summed E-state index contributed by atoms with van der Waals surface area (Å²) in [4.78, 5) is 38.4. The lowest BCUT2D eigenvalue weighted by molar-refractivity contribution is -0.137. The molecular formula is C20H18F3N3O4S. The number of benzene rings is 1. The maximum Gasteiger partial charge on any atom is 0.416 e. The van der Waals surface area contributed by atoms with Gasteiger partial charge in [-0.2, -0.15) is 13.2 Å². The van der Waals surface area contributed by atoms with Crippen LogP contribution in [-0.2, 0) is 22.3 Å². The minimum Gasteiger partial charge on any atom is -0.376 e. The highest BCUT2D eigenvalue weighted by Gasteiger charge is 2.31. The molecule has 2 aromatic heterocycles. The first kappa shape index (κ1) is 21.3. The van der Waals surface area contributed by atoms with Gasteiger partial charge in [0, 0.05) is 13.2 Å². The average Bonchev–Trinajstić information content (AvgIpc) is 3.41.